The molecule has 0 fully saturated rings. The van der Waals surface area contributed by atoms with E-state index >= 15 is 0 Å². The Morgan fingerprint density at radius 2 is 2.33 bits per heavy atom. The molecule has 1 heterocycles. The largest absolute Gasteiger partial charge is 0.464 e. The molecule has 0 atom stereocenters. The zero-order valence-electron chi connectivity index (χ0n) is 12.5. The van der Waals surface area contributed by atoms with Gasteiger partial charge in [-0.1, -0.05) is 0 Å². The fourth-order valence-electron chi connectivity index (χ4n) is 1.65. The summed E-state index contributed by atoms with van der Waals surface area (Å²) >= 11 is 1.66. The number of guanidine groups is 1. The van der Waals surface area contributed by atoms with Crippen molar-refractivity contribution >= 4 is 17.7 Å². The highest BCUT2D eigenvalue weighted by atomic mass is 32.2. The molecule has 3 N–H and O–H groups in total. The van der Waals surface area contributed by atoms with Crippen molar-refractivity contribution < 1.29 is 9.45 Å². The van der Waals surface area contributed by atoms with Crippen LogP contribution in [0.15, 0.2) is 15.6 Å². The third-order valence-electron chi connectivity index (χ3n) is 2.52. The van der Waals surface area contributed by atoms with Crippen LogP contribution in [0.2, 0.25) is 0 Å². The van der Waals surface area contributed by atoms with E-state index < -0.39 is 5.03 Å². The Morgan fingerprint density at radius 3 is 2.95 bits per heavy atom. The minimum atomic E-state index is -0.826. The first-order chi connectivity index (χ1) is 9.88. The number of nitrogens with zero attached hydrogens (tertiary/aromatic N) is 3. The molecule has 21 heavy (non-hydrogen) atoms. The van der Waals surface area contributed by atoms with Crippen LogP contribution in [-0.4, -0.2) is 42.3 Å². The smallest absolute Gasteiger partial charge is 0.266 e. The average Bonchev–Trinajstić information content (AvgIpc) is 2.67. The second-order valence-corrected chi connectivity index (χ2v) is 5.86. The van der Waals surface area contributed by atoms with E-state index in [1.807, 2.05) is 27.1 Å². The average molecular weight is 315 g/mol. The molecule has 8 nitrogen and oxygen atoms in total. The summed E-state index contributed by atoms with van der Waals surface area (Å²) in [6, 6.07) is 2.04. The van der Waals surface area contributed by atoms with Crippen LogP contribution >= 0.6 is 11.8 Å². The Morgan fingerprint density at radius 1 is 1.62 bits per heavy atom. The van der Waals surface area contributed by atoms with Crippen molar-refractivity contribution in [2.75, 3.05) is 26.4 Å². The van der Waals surface area contributed by atoms with Crippen LogP contribution < -0.4 is 11.1 Å². The molecule has 1 aromatic heterocycles. The topological polar surface area (TPSA) is 110 Å². The first-order valence-electron chi connectivity index (χ1n) is 6.41. The van der Waals surface area contributed by atoms with Gasteiger partial charge >= 0.3 is 0 Å². The van der Waals surface area contributed by atoms with E-state index in [1.54, 1.807) is 11.8 Å². The molecule has 0 saturated carbocycles. The molecule has 118 valence electrons. The van der Waals surface area contributed by atoms with Gasteiger partial charge in [0.05, 0.1) is 12.3 Å². The number of furan rings is 1. The molecular weight excluding hydrogens is 294 g/mol. The maximum atomic E-state index is 10.1. The maximum Gasteiger partial charge on any atom is 0.266 e. The number of nitrogens with two attached hydrogens (primary N) is 1. The van der Waals surface area contributed by atoms with Crippen molar-refractivity contribution in [1.82, 2.24) is 10.2 Å². The summed E-state index contributed by atoms with van der Waals surface area (Å²) in [5, 5.41) is 14.9. The molecular formula is C12H21N5O3S. The molecule has 0 aliphatic carbocycles. The summed E-state index contributed by atoms with van der Waals surface area (Å²) in [6.07, 6.45) is 0. The molecule has 1 aromatic rings. The standard InChI is InChI=1S/C12H21N5O3S/c1-9-6-10(20-11(9)7-16(2)3)8-21-5-4-14-12(13)15-17(18)19/h6H,4-5,7-8H2,1-3H3,(H3,13,14,15). The number of rotatable bonds is 8. The minimum absolute atomic E-state index is 0.178. The van der Waals surface area contributed by atoms with Crippen molar-refractivity contribution in [2.45, 2.75) is 19.2 Å². The maximum absolute atomic E-state index is 10.1. The first kappa shape index (κ1) is 17.3. The summed E-state index contributed by atoms with van der Waals surface area (Å²) in [4.78, 5) is 12.1. The van der Waals surface area contributed by atoms with Gasteiger partial charge in [-0.15, -0.1) is 0 Å². The zero-order valence-corrected chi connectivity index (χ0v) is 13.3. The van der Waals surface area contributed by atoms with Crippen LogP contribution in [0.3, 0.4) is 0 Å². The molecule has 0 saturated heterocycles. The van der Waals surface area contributed by atoms with E-state index in [0.29, 0.717) is 6.54 Å². The Hall–Kier alpha value is -1.74. The summed E-state index contributed by atoms with van der Waals surface area (Å²) < 4.78 is 5.78. The van der Waals surface area contributed by atoms with Crippen LogP contribution in [0.25, 0.3) is 0 Å². The van der Waals surface area contributed by atoms with Crippen molar-refractivity contribution in [3.05, 3.63) is 33.3 Å². The number of nitrogens with one attached hydrogen (secondary N) is 1. The molecule has 0 spiro atoms. The Kier molecular flexibility index (Phi) is 7.03. The lowest BCUT2D eigenvalue weighted by atomic mass is 10.2. The van der Waals surface area contributed by atoms with E-state index in [0.717, 1.165) is 35.1 Å². The highest BCUT2D eigenvalue weighted by molar-refractivity contribution is 7.98. The molecule has 0 unspecified atom stereocenters. The lowest BCUT2D eigenvalue weighted by molar-refractivity contribution is -0.485. The second-order valence-electron chi connectivity index (χ2n) is 4.76. The SMILES string of the molecule is Cc1cc(CSCCNC(N)=N[N+](=O)[O-])oc1CN(C)C. The van der Waals surface area contributed by atoms with E-state index in [9.17, 15) is 10.1 Å². The molecule has 0 aromatic carbocycles. The predicted molar refractivity (Wildman–Crippen MR) is 83.6 cm³/mol. The molecule has 0 amide bonds. The molecule has 0 aliphatic heterocycles. The zero-order chi connectivity index (χ0) is 15.8. The number of hydrogen-bond acceptors (Lipinski definition) is 5. The summed E-state index contributed by atoms with van der Waals surface area (Å²) in [6.45, 7) is 3.33. The second kappa shape index (κ2) is 8.53. The van der Waals surface area contributed by atoms with Gasteiger partial charge in [-0.05, 0) is 32.6 Å². The van der Waals surface area contributed by atoms with E-state index in [-0.39, 0.29) is 5.96 Å². The third kappa shape index (κ3) is 7.00. The van der Waals surface area contributed by atoms with Crippen molar-refractivity contribution in [3.8, 4) is 0 Å². The lowest BCUT2D eigenvalue weighted by Crippen LogP contribution is -2.34. The molecule has 0 bridgehead atoms. The van der Waals surface area contributed by atoms with Gasteiger partial charge in [0.15, 0.2) is 5.03 Å². The normalized spacial score (nSPS) is 11.9. The molecule has 0 aliphatic rings. The van der Waals surface area contributed by atoms with Gasteiger partial charge in [0.25, 0.3) is 5.96 Å². The monoisotopic (exact) mass is 315 g/mol. The van der Waals surface area contributed by atoms with Crippen molar-refractivity contribution in [3.63, 3.8) is 0 Å². The van der Waals surface area contributed by atoms with Gasteiger partial charge in [-0.3, -0.25) is 0 Å². The Labute approximate surface area is 127 Å². The lowest BCUT2D eigenvalue weighted by Gasteiger charge is -2.07. The highest BCUT2D eigenvalue weighted by Gasteiger charge is 2.08. The van der Waals surface area contributed by atoms with Crippen molar-refractivity contribution in [2.24, 2.45) is 10.8 Å². The van der Waals surface area contributed by atoms with Gasteiger partial charge in [0.2, 0.25) is 0 Å². The number of nitro groups is 1. The van der Waals surface area contributed by atoms with E-state index in [1.165, 1.54) is 0 Å². The predicted octanol–water partition coefficient (Wildman–Crippen LogP) is 0.979. The van der Waals surface area contributed by atoms with Crippen molar-refractivity contribution in [1.29, 1.82) is 0 Å². The summed E-state index contributed by atoms with van der Waals surface area (Å²) in [5.41, 5.74) is 6.45. The Bertz CT molecular complexity index is 501. The first-order valence-corrected chi connectivity index (χ1v) is 7.57. The summed E-state index contributed by atoms with van der Waals surface area (Å²) in [7, 11) is 4.00. The van der Waals surface area contributed by atoms with Crippen LogP contribution in [0.4, 0.5) is 0 Å². The van der Waals surface area contributed by atoms with Crippen LogP contribution in [0.1, 0.15) is 17.1 Å². The minimum Gasteiger partial charge on any atom is -0.464 e. The van der Waals surface area contributed by atoms with Gasteiger partial charge in [0, 0.05) is 12.3 Å². The number of aryl methyl sites for hydroxylation is 1. The fraction of sp³-hybridized carbons (Fsp3) is 0.583. The van der Waals surface area contributed by atoms with Gasteiger partial charge in [-0.25, -0.2) is 10.1 Å². The summed E-state index contributed by atoms with van der Waals surface area (Å²) in [5.74, 6) is 3.24. The highest BCUT2D eigenvalue weighted by Crippen LogP contribution is 2.20. The fourth-order valence-corrected chi connectivity index (χ4v) is 2.39. The molecule has 0 radical (unpaired) electrons. The van der Waals surface area contributed by atoms with E-state index in [2.05, 4.69) is 15.3 Å². The van der Waals surface area contributed by atoms with Gasteiger partial charge in [-0.2, -0.15) is 11.8 Å². The van der Waals surface area contributed by atoms with E-state index in [4.69, 9.17) is 10.2 Å². The third-order valence-corrected chi connectivity index (χ3v) is 3.50. The molecule has 1 rings (SSSR count). The number of hydrogen-bond donors (Lipinski definition) is 2. The van der Waals surface area contributed by atoms with Gasteiger partial charge in [0.1, 0.15) is 16.6 Å². The van der Waals surface area contributed by atoms with Crippen LogP contribution in [0, 0.1) is 17.0 Å². The quantitative estimate of drug-likeness (QED) is 0.242. The van der Waals surface area contributed by atoms with Crippen LogP contribution in [-0.2, 0) is 12.3 Å². The number of thioether (sulfide) groups is 1. The number of hydrazone groups is 1. The Balaban J connectivity index is 2.28. The van der Waals surface area contributed by atoms with Crippen LogP contribution in [0.5, 0.6) is 0 Å². The van der Waals surface area contributed by atoms with Gasteiger partial charge < -0.3 is 20.4 Å². The molecule has 9 heteroatoms.